The van der Waals surface area contributed by atoms with Crippen molar-refractivity contribution in [3.8, 4) is 0 Å². The Hall–Kier alpha value is -1.41. The molecule has 1 atom stereocenters. The Balaban J connectivity index is 2.16. The first-order valence-corrected chi connectivity index (χ1v) is 5.40. The van der Waals surface area contributed by atoms with Crippen LogP contribution in [0.3, 0.4) is 0 Å². The third kappa shape index (κ3) is 1.51. The van der Waals surface area contributed by atoms with Gasteiger partial charge in [0.25, 0.3) is 0 Å². The van der Waals surface area contributed by atoms with Crippen molar-refractivity contribution in [2.75, 3.05) is 6.61 Å². The molecule has 76 valence electrons. The van der Waals surface area contributed by atoms with E-state index in [1.54, 1.807) is 0 Å². The third-order valence-electron chi connectivity index (χ3n) is 2.96. The van der Waals surface area contributed by atoms with E-state index < -0.39 is 0 Å². The molecule has 1 fully saturated rings. The lowest BCUT2D eigenvalue weighted by atomic mass is 10.0. The van der Waals surface area contributed by atoms with Crippen LogP contribution in [-0.4, -0.2) is 11.6 Å². The van der Waals surface area contributed by atoms with E-state index in [2.05, 4.69) is 23.2 Å². The van der Waals surface area contributed by atoms with E-state index >= 15 is 0 Å². The summed E-state index contributed by atoms with van der Waals surface area (Å²) in [5.74, 6) is 0. The maximum absolute atomic E-state index is 5.72. The van der Waals surface area contributed by atoms with Crippen LogP contribution in [0.25, 0.3) is 10.9 Å². The summed E-state index contributed by atoms with van der Waals surface area (Å²) < 4.78 is 5.72. The minimum Gasteiger partial charge on any atom is -0.374 e. The number of pyridine rings is 1. The van der Waals surface area contributed by atoms with Gasteiger partial charge in [-0.05, 0) is 30.5 Å². The lowest BCUT2D eigenvalue weighted by Crippen LogP contribution is -1.97. The molecule has 1 saturated heterocycles. The summed E-state index contributed by atoms with van der Waals surface area (Å²) in [5, 5.41) is 1.23. The van der Waals surface area contributed by atoms with Gasteiger partial charge in [-0.15, -0.1) is 0 Å². The number of fused-ring (bicyclic) bond motifs is 1. The fraction of sp³-hybridized carbons (Fsp3) is 0.308. The van der Waals surface area contributed by atoms with Gasteiger partial charge in [0, 0.05) is 18.2 Å². The first-order chi connectivity index (χ1) is 7.45. The molecular formula is C13H13NO. The number of para-hydroxylation sites is 1. The number of hydrogen-bond acceptors (Lipinski definition) is 2. The highest BCUT2D eigenvalue weighted by Crippen LogP contribution is 2.32. The molecule has 3 rings (SSSR count). The predicted octanol–water partition coefficient (Wildman–Crippen LogP) is 3.09. The van der Waals surface area contributed by atoms with Crippen LogP contribution in [0.5, 0.6) is 0 Å². The van der Waals surface area contributed by atoms with Crippen molar-refractivity contribution < 1.29 is 4.74 Å². The zero-order chi connectivity index (χ0) is 10.1. The van der Waals surface area contributed by atoms with Gasteiger partial charge in [0.05, 0.1) is 11.6 Å². The minimum atomic E-state index is 0.276. The third-order valence-corrected chi connectivity index (χ3v) is 2.96. The lowest BCUT2D eigenvalue weighted by Gasteiger charge is -2.12. The Labute approximate surface area is 88.9 Å². The van der Waals surface area contributed by atoms with Crippen LogP contribution in [0.1, 0.15) is 24.5 Å². The van der Waals surface area contributed by atoms with Gasteiger partial charge in [-0.2, -0.15) is 0 Å². The number of aromatic nitrogens is 1. The molecule has 1 aliphatic rings. The van der Waals surface area contributed by atoms with Crippen LogP contribution in [0, 0.1) is 0 Å². The summed E-state index contributed by atoms with van der Waals surface area (Å²) in [7, 11) is 0. The summed E-state index contributed by atoms with van der Waals surface area (Å²) in [5.41, 5.74) is 2.35. The van der Waals surface area contributed by atoms with Crippen molar-refractivity contribution in [2.45, 2.75) is 18.9 Å². The topological polar surface area (TPSA) is 22.1 Å². The minimum absolute atomic E-state index is 0.276. The SMILES string of the molecule is c1ccc2c(C3CCCO3)ccnc2c1. The molecule has 0 N–H and O–H groups in total. The second-order valence-electron chi connectivity index (χ2n) is 3.92. The van der Waals surface area contributed by atoms with Crippen molar-refractivity contribution in [3.05, 3.63) is 42.1 Å². The van der Waals surface area contributed by atoms with E-state index in [9.17, 15) is 0 Å². The van der Waals surface area contributed by atoms with Crippen LogP contribution in [0.2, 0.25) is 0 Å². The van der Waals surface area contributed by atoms with E-state index in [1.807, 2.05) is 18.3 Å². The molecule has 2 heterocycles. The van der Waals surface area contributed by atoms with Gasteiger partial charge in [0.15, 0.2) is 0 Å². The number of rotatable bonds is 1. The molecule has 0 radical (unpaired) electrons. The van der Waals surface area contributed by atoms with Crippen LogP contribution in [0.15, 0.2) is 36.5 Å². The van der Waals surface area contributed by atoms with Gasteiger partial charge in [0.1, 0.15) is 0 Å². The number of ether oxygens (including phenoxy) is 1. The van der Waals surface area contributed by atoms with Crippen molar-refractivity contribution >= 4 is 10.9 Å². The molecule has 0 bridgehead atoms. The van der Waals surface area contributed by atoms with Gasteiger partial charge < -0.3 is 4.74 Å². The van der Waals surface area contributed by atoms with Crippen LogP contribution >= 0.6 is 0 Å². The standard InChI is InChI=1S/C13H13NO/c1-2-5-12-10(4-1)11(7-8-14-12)13-6-3-9-15-13/h1-2,4-5,7-8,13H,3,6,9H2. The summed E-state index contributed by atoms with van der Waals surface area (Å²) in [6.45, 7) is 0.890. The monoisotopic (exact) mass is 199 g/mol. The Morgan fingerprint density at radius 2 is 2.13 bits per heavy atom. The first-order valence-electron chi connectivity index (χ1n) is 5.40. The van der Waals surface area contributed by atoms with Crippen molar-refractivity contribution in [3.63, 3.8) is 0 Å². The molecule has 0 amide bonds. The predicted molar refractivity (Wildman–Crippen MR) is 59.7 cm³/mol. The van der Waals surface area contributed by atoms with Crippen molar-refractivity contribution in [1.29, 1.82) is 0 Å². The molecule has 1 aliphatic heterocycles. The van der Waals surface area contributed by atoms with Gasteiger partial charge >= 0.3 is 0 Å². The molecule has 1 aromatic carbocycles. The second-order valence-corrected chi connectivity index (χ2v) is 3.92. The highest BCUT2D eigenvalue weighted by Gasteiger charge is 2.19. The van der Waals surface area contributed by atoms with Gasteiger partial charge in [-0.3, -0.25) is 4.98 Å². The second kappa shape index (κ2) is 3.63. The molecule has 0 spiro atoms. The number of benzene rings is 1. The van der Waals surface area contributed by atoms with E-state index in [4.69, 9.17) is 4.74 Å². The Bertz CT molecular complexity index is 469. The zero-order valence-electron chi connectivity index (χ0n) is 8.52. The van der Waals surface area contributed by atoms with E-state index in [-0.39, 0.29) is 6.10 Å². The largest absolute Gasteiger partial charge is 0.374 e. The average Bonchev–Trinajstić information content (AvgIpc) is 2.82. The quantitative estimate of drug-likeness (QED) is 0.704. The van der Waals surface area contributed by atoms with E-state index in [0.29, 0.717) is 0 Å². The summed E-state index contributed by atoms with van der Waals surface area (Å²) >= 11 is 0. The van der Waals surface area contributed by atoms with Crippen molar-refractivity contribution in [1.82, 2.24) is 4.98 Å². The molecular weight excluding hydrogens is 186 g/mol. The molecule has 2 nitrogen and oxygen atoms in total. The average molecular weight is 199 g/mol. The van der Waals surface area contributed by atoms with Gasteiger partial charge in [-0.1, -0.05) is 18.2 Å². The number of hydrogen-bond donors (Lipinski definition) is 0. The fourth-order valence-corrected chi connectivity index (χ4v) is 2.22. The summed E-state index contributed by atoms with van der Waals surface area (Å²) in [6, 6.07) is 10.3. The Kier molecular flexibility index (Phi) is 2.14. The van der Waals surface area contributed by atoms with Crippen molar-refractivity contribution in [2.24, 2.45) is 0 Å². The van der Waals surface area contributed by atoms with E-state index in [0.717, 1.165) is 18.5 Å². The van der Waals surface area contributed by atoms with Crippen LogP contribution in [0.4, 0.5) is 0 Å². The molecule has 15 heavy (non-hydrogen) atoms. The molecule has 2 heteroatoms. The Morgan fingerprint density at radius 1 is 1.20 bits per heavy atom. The van der Waals surface area contributed by atoms with E-state index in [1.165, 1.54) is 17.4 Å². The molecule has 0 saturated carbocycles. The first kappa shape index (κ1) is 8.86. The maximum Gasteiger partial charge on any atom is 0.0832 e. The fourth-order valence-electron chi connectivity index (χ4n) is 2.22. The molecule has 2 aromatic rings. The summed E-state index contributed by atoms with van der Waals surface area (Å²) in [6.07, 6.45) is 4.45. The van der Waals surface area contributed by atoms with Gasteiger partial charge in [0.2, 0.25) is 0 Å². The molecule has 1 unspecified atom stereocenters. The number of nitrogens with zero attached hydrogens (tertiary/aromatic N) is 1. The molecule has 1 aromatic heterocycles. The molecule has 0 aliphatic carbocycles. The Morgan fingerprint density at radius 3 is 3.00 bits per heavy atom. The van der Waals surface area contributed by atoms with Gasteiger partial charge in [-0.25, -0.2) is 0 Å². The summed E-state index contributed by atoms with van der Waals surface area (Å²) in [4.78, 5) is 4.36. The smallest absolute Gasteiger partial charge is 0.0832 e. The zero-order valence-corrected chi connectivity index (χ0v) is 8.52. The van der Waals surface area contributed by atoms with Crippen LogP contribution in [-0.2, 0) is 4.74 Å². The highest BCUT2D eigenvalue weighted by molar-refractivity contribution is 5.82. The lowest BCUT2D eigenvalue weighted by molar-refractivity contribution is 0.113. The normalized spacial score (nSPS) is 20.9. The van der Waals surface area contributed by atoms with Crippen LogP contribution < -0.4 is 0 Å². The maximum atomic E-state index is 5.72. The highest BCUT2D eigenvalue weighted by atomic mass is 16.5.